The SMILES string of the molecule is Cc1noc(NS(=O)(=O)c2ccc(-c3ccon3)s2)c1Br.O=S(=O)(Cl)c1cccs1. The third-order valence-electron chi connectivity index (χ3n) is 3.29. The van der Waals surface area contributed by atoms with Crippen LogP contribution in [-0.4, -0.2) is 27.1 Å². The number of thiophene rings is 2. The molecule has 15 heteroatoms. The van der Waals surface area contributed by atoms with E-state index in [4.69, 9.17) is 19.7 Å². The highest BCUT2D eigenvalue weighted by molar-refractivity contribution is 9.10. The molecule has 0 saturated heterocycles. The fourth-order valence-corrected chi connectivity index (χ4v) is 6.37. The molecule has 0 unspecified atom stereocenters. The second-order valence-electron chi connectivity index (χ2n) is 5.39. The molecule has 0 bridgehead atoms. The fourth-order valence-electron chi connectivity index (χ4n) is 1.94. The summed E-state index contributed by atoms with van der Waals surface area (Å²) in [7, 11) is -2.23. The zero-order chi connectivity index (χ0) is 21.9. The van der Waals surface area contributed by atoms with Crippen LogP contribution in [0.4, 0.5) is 5.88 Å². The third kappa shape index (κ3) is 5.50. The van der Waals surface area contributed by atoms with Crippen LogP contribution in [0.25, 0.3) is 10.6 Å². The number of rotatable bonds is 5. The smallest absolute Gasteiger partial charge is 0.273 e. The summed E-state index contributed by atoms with van der Waals surface area (Å²) in [6.45, 7) is 1.69. The molecule has 4 rings (SSSR count). The van der Waals surface area contributed by atoms with Crippen LogP contribution in [0.2, 0.25) is 0 Å². The maximum absolute atomic E-state index is 12.3. The molecule has 0 aliphatic rings. The zero-order valence-electron chi connectivity index (χ0n) is 14.8. The van der Waals surface area contributed by atoms with Gasteiger partial charge in [0.1, 0.15) is 24.8 Å². The van der Waals surface area contributed by atoms with Crippen molar-refractivity contribution in [3.63, 3.8) is 0 Å². The first-order chi connectivity index (χ1) is 14.1. The van der Waals surface area contributed by atoms with Gasteiger partial charge in [0.2, 0.25) is 0 Å². The molecule has 0 radical (unpaired) electrons. The summed E-state index contributed by atoms with van der Waals surface area (Å²) in [6.07, 6.45) is 1.43. The first-order valence-electron chi connectivity index (χ1n) is 7.71. The van der Waals surface area contributed by atoms with Crippen LogP contribution in [0.5, 0.6) is 0 Å². The van der Waals surface area contributed by atoms with Crippen molar-refractivity contribution in [2.75, 3.05) is 4.72 Å². The Bertz CT molecular complexity index is 1330. The summed E-state index contributed by atoms with van der Waals surface area (Å²) in [5.74, 6) is 0.0453. The summed E-state index contributed by atoms with van der Waals surface area (Å²) in [4.78, 5) is 0.692. The van der Waals surface area contributed by atoms with E-state index in [1.54, 1.807) is 30.5 Å². The summed E-state index contributed by atoms with van der Waals surface area (Å²) in [6, 6.07) is 7.92. The van der Waals surface area contributed by atoms with Crippen LogP contribution in [0.15, 0.2) is 63.9 Å². The van der Waals surface area contributed by atoms with Gasteiger partial charge >= 0.3 is 0 Å². The topological polar surface area (TPSA) is 132 Å². The van der Waals surface area contributed by atoms with E-state index in [1.807, 2.05) is 0 Å². The van der Waals surface area contributed by atoms with Gasteiger partial charge in [0.25, 0.3) is 25.0 Å². The van der Waals surface area contributed by atoms with Crippen molar-refractivity contribution in [2.24, 2.45) is 0 Å². The maximum Gasteiger partial charge on any atom is 0.273 e. The first kappa shape index (κ1) is 23.0. The molecular formula is C15H11BrClN3O6S4. The van der Waals surface area contributed by atoms with Crippen molar-refractivity contribution in [3.05, 3.63) is 52.1 Å². The monoisotopic (exact) mass is 571 g/mol. The molecule has 0 atom stereocenters. The lowest BCUT2D eigenvalue weighted by molar-refractivity contribution is 0.422. The first-order valence-corrected chi connectivity index (χ1v) is 14.0. The van der Waals surface area contributed by atoms with Crippen molar-refractivity contribution >= 4 is 74.2 Å². The van der Waals surface area contributed by atoms with Crippen molar-refractivity contribution in [1.82, 2.24) is 10.3 Å². The highest BCUT2D eigenvalue weighted by atomic mass is 79.9. The molecule has 1 N–H and O–H groups in total. The number of hydrogen-bond donors (Lipinski definition) is 1. The van der Waals surface area contributed by atoms with Crippen LogP contribution < -0.4 is 4.72 Å². The Balaban J connectivity index is 0.000000239. The molecule has 4 aromatic rings. The van der Waals surface area contributed by atoms with Crippen molar-refractivity contribution in [1.29, 1.82) is 0 Å². The van der Waals surface area contributed by atoms with Gasteiger partial charge in [0.05, 0.1) is 10.6 Å². The average Bonchev–Trinajstić information content (AvgIpc) is 3.45. The lowest BCUT2D eigenvalue weighted by Gasteiger charge is -2.02. The van der Waals surface area contributed by atoms with E-state index >= 15 is 0 Å². The van der Waals surface area contributed by atoms with Crippen molar-refractivity contribution < 1.29 is 25.9 Å². The number of sulfonamides is 1. The number of aromatic nitrogens is 2. The number of nitrogens with one attached hydrogen (secondary N) is 1. The minimum atomic E-state index is -3.75. The summed E-state index contributed by atoms with van der Waals surface area (Å²) in [5, 5.41) is 9.10. The van der Waals surface area contributed by atoms with Crippen LogP contribution in [0, 0.1) is 6.92 Å². The minimum absolute atomic E-state index is 0.0453. The normalized spacial score (nSPS) is 11.7. The van der Waals surface area contributed by atoms with E-state index in [-0.39, 0.29) is 14.3 Å². The Kier molecular flexibility index (Phi) is 7.04. The molecule has 30 heavy (non-hydrogen) atoms. The molecule has 0 aliphatic heterocycles. The molecule has 0 aromatic carbocycles. The molecule has 9 nitrogen and oxygen atoms in total. The van der Waals surface area contributed by atoms with Gasteiger partial charge in [0, 0.05) is 16.7 Å². The Hall–Kier alpha value is -1.71. The molecule has 160 valence electrons. The van der Waals surface area contributed by atoms with E-state index in [1.165, 1.54) is 18.4 Å². The minimum Gasteiger partial charge on any atom is -0.364 e. The summed E-state index contributed by atoms with van der Waals surface area (Å²) < 4.78 is 58.3. The number of hydrogen-bond acceptors (Lipinski definition) is 10. The molecule has 0 fully saturated rings. The predicted molar refractivity (Wildman–Crippen MR) is 117 cm³/mol. The van der Waals surface area contributed by atoms with Gasteiger partial charge in [-0.1, -0.05) is 16.4 Å². The van der Waals surface area contributed by atoms with E-state index in [0.717, 1.165) is 22.7 Å². The summed E-state index contributed by atoms with van der Waals surface area (Å²) >= 11 is 5.40. The number of aryl methyl sites for hydroxylation is 1. The second kappa shape index (κ2) is 9.20. The molecular weight excluding hydrogens is 562 g/mol. The van der Waals surface area contributed by atoms with Gasteiger partial charge in [-0.2, -0.15) is 0 Å². The van der Waals surface area contributed by atoms with Crippen LogP contribution in [0.3, 0.4) is 0 Å². The Morgan fingerprint density at radius 2 is 1.87 bits per heavy atom. The molecule has 0 amide bonds. The van der Waals surface area contributed by atoms with Crippen LogP contribution in [0.1, 0.15) is 5.69 Å². The Morgan fingerprint density at radius 1 is 1.10 bits per heavy atom. The lowest BCUT2D eigenvalue weighted by atomic mass is 10.3. The van der Waals surface area contributed by atoms with Gasteiger partial charge in [0.15, 0.2) is 0 Å². The zero-order valence-corrected chi connectivity index (χ0v) is 20.4. The molecule has 4 aromatic heterocycles. The number of nitrogens with zero attached hydrogens (tertiary/aromatic N) is 2. The Morgan fingerprint density at radius 3 is 2.37 bits per heavy atom. The lowest BCUT2D eigenvalue weighted by Crippen LogP contribution is -2.11. The van der Waals surface area contributed by atoms with Crippen molar-refractivity contribution in [3.8, 4) is 10.6 Å². The third-order valence-corrected chi connectivity index (χ3v) is 10.2. The second-order valence-corrected chi connectivity index (χ2v) is 12.9. The van der Waals surface area contributed by atoms with E-state index in [9.17, 15) is 16.8 Å². The molecule has 0 saturated carbocycles. The van der Waals surface area contributed by atoms with Gasteiger partial charge in [-0.3, -0.25) is 0 Å². The van der Waals surface area contributed by atoms with E-state index in [0.29, 0.717) is 20.7 Å². The van der Waals surface area contributed by atoms with Gasteiger partial charge in [-0.15, -0.1) is 22.7 Å². The van der Waals surface area contributed by atoms with Gasteiger partial charge < -0.3 is 9.05 Å². The summed E-state index contributed by atoms with van der Waals surface area (Å²) in [5.41, 5.74) is 1.14. The molecule has 0 aliphatic carbocycles. The van der Waals surface area contributed by atoms with Crippen molar-refractivity contribution in [2.45, 2.75) is 15.3 Å². The molecule has 4 heterocycles. The van der Waals surface area contributed by atoms with E-state index in [2.05, 4.69) is 31.0 Å². The predicted octanol–water partition coefficient (Wildman–Crippen LogP) is 4.94. The maximum atomic E-state index is 12.3. The fraction of sp³-hybridized carbons (Fsp3) is 0.0667. The van der Waals surface area contributed by atoms with Gasteiger partial charge in [-0.05, 0) is 46.4 Å². The van der Waals surface area contributed by atoms with Crippen LogP contribution >= 0.6 is 49.3 Å². The largest absolute Gasteiger partial charge is 0.364 e. The van der Waals surface area contributed by atoms with Crippen LogP contribution in [-0.2, 0) is 19.1 Å². The highest BCUT2D eigenvalue weighted by Gasteiger charge is 2.22. The number of halogens is 2. The van der Waals surface area contributed by atoms with E-state index < -0.39 is 19.1 Å². The Labute approximate surface area is 192 Å². The average molecular weight is 573 g/mol. The molecule has 0 spiro atoms. The standard InChI is InChI=1S/C11H8BrN3O4S2.C4H3ClO2S2/c1-6-10(12)11(19-13-6)15-21(16,17)9-3-2-8(20-9)7-4-5-18-14-7;5-9(6,7)4-2-1-3-8-4/h2-5,15H,1H3;1-3H. The highest BCUT2D eigenvalue weighted by Crippen LogP contribution is 2.32. The number of anilines is 1. The quantitative estimate of drug-likeness (QED) is 0.333. The van der Waals surface area contributed by atoms with Gasteiger partial charge in [-0.25, -0.2) is 21.6 Å².